The van der Waals surface area contributed by atoms with Crippen LogP contribution >= 0.6 is 11.6 Å². The molecule has 21 nitrogen and oxygen atoms in total. The number of urea groups is 1. The summed E-state index contributed by atoms with van der Waals surface area (Å²) in [6.45, 7) is 2.88. The first-order valence-electron chi connectivity index (χ1n) is 20.0. The van der Waals surface area contributed by atoms with Gasteiger partial charge in [-0.1, -0.05) is 23.7 Å². The number of carboxylic acid groups (broad SMARTS) is 2. The normalized spacial score (nSPS) is 16.6. The Morgan fingerprint density at radius 1 is 0.794 bits per heavy atom. The Bertz CT molecular complexity index is 2600. The Morgan fingerprint density at radius 2 is 1.52 bits per heavy atom. The van der Waals surface area contributed by atoms with Crippen LogP contribution in [-0.4, -0.2) is 150 Å². The lowest BCUT2D eigenvalue weighted by molar-refractivity contribution is -0.149. The van der Waals surface area contributed by atoms with Gasteiger partial charge < -0.3 is 45.2 Å². The van der Waals surface area contributed by atoms with Gasteiger partial charge in [0.15, 0.2) is 0 Å². The average molecular weight is 882 g/mol. The fourth-order valence-corrected chi connectivity index (χ4v) is 8.27. The van der Waals surface area contributed by atoms with Crippen molar-refractivity contribution in [3.8, 4) is 5.69 Å². The maximum absolute atomic E-state index is 14.3. The molecular formula is C41H40ClN11O10. The minimum atomic E-state index is -1.51. The molecule has 3 fully saturated rings. The van der Waals surface area contributed by atoms with Gasteiger partial charge in [-0.15, -0.1) is 5.10 Å². The standard InChI is InChI=1S/C41H40ClN11O10/c42-27-3-7-31(52-23-43-46-47-52)32(22-27)50-13-14-51(38(57)37(50)56)33(35(54)44-29-6-8-30-26(20-29)21-34(39(58)59)53(30)41(61)62)19-24-1-4-28(5-2-24)45-40(60)49-11-9-25(10-12-49)36(55)48-15-17-63-18-16-48/h1-8,20-23,25,33H,9-19H2,(H,44,54)(H,45,60)(H,58,59)(H,61,62)/t33-/m0/s1. The number of fused-ring (bicyclic) bond motifs is 1. The number of likely N-dealkylation sites (tertiary alicyclic amines) is 1. The number of tetrazole rings is 1. The van der Waals surface area contributed by atoms with Gasteiger partial charge in [0.25, 0.3) is 0 Å². The van der Waals surface area contributed by atoms with E-state index in [1.54, 1.807) is 41.3 Å². The molecule has 4 N–H and O–H groups in total. The summed E-state index contributed by atoms with van der Waals surface area (Å²) in [4.78, 5) is 98.1. The van der Waals surface area contributed by atoms with Crippen LogP contribution in [0.4, 0.5) is 26.7 Å². The molecule has 8 rings (SSSR count). The zero-order valence-electron chi connectivity index (χ0n) is 33.4. The van der Waals surface area contributed by atoms with Gasteiger partial charge in [0.1, 0.15) is 18.1 Å². The second-order valence-corrected chi connectivity index (χ2v) is 15.5. The monoisotopic (exact) mass is 881 g/mol. The molecule has 0 saturated carbocycles. The predicted molar refractivity (Wildman–Crippen MR) is 224 cm³/mol. The number of ether oxygens (including phenoxy) is 1. The molecule has 0 unspecified atom stereocenters. The third-order valence-corrected chi connectivity index (χ3v) is 11.6. The molecule has 2 aromatic heterocycles. The van der Waals surface area contributed by atoms with Crippen LogP contribution in [0, 0.1) is 5.92 Å². The number of morpholine rings is 1. The number of carboxylic acids is 1. The molecule has 3 saturated heterocycles. The van der Waals surface area contributed by atoms with Crippen LogP contribution in [-0.2, 0) is 30.3 Å². The highest BCUT2D eigenvalue weighted by Crippen LogP contribution is 2.31. The molecule has 326 valence electrons. The molecule has 3 aromatic carbocycles. The van der Waals surface area contributed by atoms with Crippen LogP contribution in [0.15, 0.2) is 73.1 Å². The van der Waals surface area contributed by atoms with E-state index in [2.05, 4.69) is 26.2 Å². The van der Waals surface area contributed by atoms with Gasteiger partial charge in [-0.2, -0.15) is 4.68 Å². The van der Waals surface area contributed by atoms with Crippen LogP contribution < -0.4 is 15.5 Å². The second-order valence-electron chi connectivity index (χ2n) is 15.1. The van der Waals surface area contributed by atoms with Crippen molar-refractivity contribution in [1.82, 2.24) is 39.5 Å². The number of amides is 6. The van der Waals surface area contributed by atoms with E-state index in [-0.39, 0.29) is 64.7 Å². The summed E-state index contributed by atoms with van der Waals surface area (Å²) in [5.41, 5.74) is 1.44. The molecule has 0 radical (unpaired) electrons. The lowest BCUT2D eigenvalue weighted by Crippen LogP contribution is -2.60. The van der Waals surface area contributed by atoms with Gasteiger partial charge >= 0.3 is 29.9 Å². The molecular weight excluding hydrogens is 842 g/mol. The van der Waals surface area contributed by atoms with Crippen molar-refractivity contribution in [3.05, 3.63) is 89.3 Å². The van der Waals surface area contributed by atoms with Gasteiger partial charge in [-0.25, -0.2) is 19.0 Å². The van der Waals surface area contributed by atoms with E-state index in [0.29, 0.717) is 73.7 Å². The number of anilines is 3. The minimum absolute atomic E-state index is 0.0416. The topological polar surface area (TPSA) is 255 Å². The average Bonchev–Trinajstić information content (AvgIpc) is 3.97. The molecule has 1 atom stereocenters. The second kappa shape index (κ2) is 17.9. The van der Waals surface area contributed by atoms with Gasteiger partial charge in [0.05, 0.1) is 30.1 Å². The summed E-state index contributed by atoms with van der Waals surface area (Å²) in [6.07, 6.45) is 0.841. The molecule has 22 heteroatoms. The highest BCUT2D eigenvalue weighted by atomic mass is 35.5. The van der Waals surface area contributed by atoms with Crippen molar-refractivity contribution in [1.29, 1.82) is 0 Å². The molecule has 5 heterocycles. The first-order chi connectivity index (χ1) is 30.4. The summed E-state index contributed by atoms with van der Waals surface area (Å²) in [5.74, 6) is -4.14. The van der Waals surface area contributed by atoms with Crippen molar-refractivity contribution < 1.29 is 48.5 Å². The van der Waals surface area contributed by atoms with E-state index in [0.717, 1.165) is 6.07 Å². The van der Waals surface area contributed by atoms with Crippen LogP contribution in [0.2, 0.25) is 5.02 Å². The highest BCUT2D eigenvalue weighted by Gasteiger charge is 2.41. The summed E-state index contributed by atoms with van der Waals surface area (Å²) >= 11 is 6.32. The molecule has 0 spiro atoms. The van der Waals surface area contributed by atoms with Crippen molar-refractivity contribution in [2.75, 3.05) is 68.0 Å². The van der Waals surface area contributed by atoms with Gasteiger partial charge in [-0.3, -0.25) is 19.2 Å². The predicted octanol–water partition coefficient (Wildman–Crippen LogP) is 3.02. The Kier molecular flexibility index (Phi) is 12.0. The van der Waals surface area contributed by atoms with Crippen molar-refractivity contribution in [2.45, 2.75) is 25.3 Å². The summed E-state index contributed by atoms with van der Waals surface area (Å²) < 4.78 is 7.29. The zero-order chi connectivity index (χ0) is 44.4. The fourth-order valence-electron chi connectivity index (χ4n) is 8.10. The van der Waals surface area contributed by atoms with Crippen LogP contribution in [0.5, 0.6) is 0 Å². The number of rotatable bonds is 10. The molecule has 0 bridgehead atoms. The van der Waals surface area contributed by atoms with Crippen molar-refractivity contribution >= 4 is 81.3 Å². The highest BCUT2D eigenvalue weighted by molar-refractivity contribution is 6.41. The van der Waals surface area contributed by atoms with Crippen molar-refractivity contribution in [2.24, 2.45) is 5.92 Å². The van der Waals surface area contributed by atoms with Gasteiger partial charge in [-0.05, 0) is 83.4 Å². The SMILES string of the molecule is O=C(O)c1cc2cc(NC(=O)[C@H](Cc3ccc(NC(=O)N4CCC(C(=O)N5CCOCC5)CC4)cc3)N3CCN(c4cc(Cl)ccc4-n4cnnn4)C(=O)C3=O)ccc2n1C(=O)O. The van der Waals surface area contributed by atoms with Gasteiger partial charge in [0, 0.05) is 73.4 Å². The van der Waals surface area contributed by atoms with E-state index in [9.17, 15) is 43.8 Å². The quantitative estimate of drug-likeness (QED) is 0.147. The van der Waals surface area contributed by atoms with E-state index < -0.39 is 41.5 Å². The first kappa shape index (κ1) is 42.3. The Labute approximate surface area is 362 Å². The van der Waals surface area contributed by atoms with Gasteiger partial charge in [0.2, 0.25) is 11.8 Å². The molecule has 5 aromatic rings. The molecule has 0 aliphatic carbocycles. The number of aromatic nitrogens is 5. The van der Waals surface area contributed by atoms with E-state index >= 15 is 0 Å². The minimum Gasteiger partial charge on any atom is -0.477 e. The summed E-state index contributed by atoms with van der Waals surface area (Å²) in [6, 6.07) is 15.1. The zero-order valence-corrected chi connectivity index (χ0v) is 34.2. The number of halogens is 1. The molecule has 6 amide bonds. The van der Waals surface area contributed by atoms with Crippen molar-refractivity contribution in [3.63, 3.8) is 0 Å². The number of carbonyl (C=O) groups is 7. The number of nitrogens with one attached hydrogen (secondary N) is 2. The number of hydrogen-bond acceptors (Lipinski definition) is 11. The summed E-state index contributed by atoms with van der Waals surface area (Å²) in [5, 5.41) is 36.6. The third-order valence-electron chi connectivity index (χ3n) is 11.3. The number of benzene rings is 3. The number of nitrogens with zero attached hydrogens (tertiary/aromatic N) is 9. The van der Waals surface area contributed by atoms with Crippen LogP contribution in [0.25, 0.3) is 16.6 Å². The molecule has 3 aliphatic heterocycles. The Morgan fingerprint density at radius 3 is 2.21 bits per heavy atom. The number of aromatic carboxylic acids is 1. The van der Waals surface area contributed by atoms with Crippen LogP contribution in [0.3, 0.4) is 0 Å². The fraction of sp³-hybridized carbons (Fsp3) is 0.317. The maximum Gasteiger partial charge on any atom is 0.416 e. The lowest BCUT2D eigenvalue weighted by Gasteiger charge is -2.38. The van der Waals surface area contributed by atoms with E-state index in [1.165, 1.54) is 45.1 Å². The lowest BCUT2D eigenvalue weighted by atomic mass is 9.95. The molecule has 3 aliphatic rings. The maximum atomic E-state index is 14.3. The van der Waals surface area contributed by atoms with E-state index in [4.69, 9.17) is 16.3 Å². The number of piperidine rings is 1. The van der Waals surface area contributed by atoms with Crippen LogP contribution in [0.1, 0.15) is 28.9 Å². The summed E-state index contributed by atoms with van der Waals surface area (Å²) in [7, 11) is 0. The number of piperazine rings is 1. The third kappa shape index (κ3) is 8.86. The smallest absolute Gasteiger partial charge is 0.416 e. The number of hydrogen-bond donors (Lipinski definition) is 4. The Balaban J connectivity index is 0.998. The number of carbonyl (C=O) groups excluding carboxylic acids is 5. The largest absolute Gasteiger partial charge is 0.477 e. The molecule has 63 heavy (non-hydrogen) atoms. The van der Waals surface area contributed by atoms with E-state index in [1.807, 2.05) is 4.90 Å². The Hall–Kier alpha value is -7.39. The first-order valence-corrected chi connectivity index (χ1v) is 20.3.